The van der Waals surface area contributed by atoms with Crippen LogP contribution in [-0.4, -0.2) is 35.6 Å². The zero-order chi connectivity index (χ0) is 19.7. The first kappa shape index (κ1) is 20.5. The summed E-state index contributed by atoms with van der Waals surface area (Å²) in [6.45, 7) is 5.32. The lowest BCUT2D eigenvalue weighted by atomic mass is 10.1. The van der Waals surface area contributed by atoms with Gasteiger partial charge in [0.25, 0.3) is 0 Å². The Morgan fingerprint density at radius 1 is 1.19 bits per heavy atom. The van der Waals surface area contributed by atoms with Crippen LogP contribution in [0.2, 0.25) is 0 Å². The molecule has 27 heavy (non-hydrogen) atoms. The molecule has 2 aromatic rings. The second-order valence-corrected chi connectivity index (χ2v) is 5.73. The van der Waals surface area contributed by atoms with Crippen LogP contribution in [0.15, 0.2) is 47.6 Å². The molecule has 1 unspecified atom stereocenters. The summed E-state index contributed by atoms with van der Waals surface area (Å²) in [6.07, 6.45) is -3.41. The molecule has 1 atom stereocenters. The zero-order valence-electron chi connectivity index (χ0n) is 15.2. The number of hydrogen-bond donors (Lipinski definition) is 3. The third kappa shape index (κ3) is 6.76. The van der Waals surface area contributed by atoms with Crippen molar-refractivity contribution in [1.29, 1.82) is 0 Å². The minimum absolute atomic E-state index is 0.0590. The van der Waals surface area contributed by atoms with Gasteiger partial charge in [-0.15, -0.1) is 0 Å². The normalized spacial score (nSPS) is 13.1. The molecule has 0 amide bonds. The molecule has 3 N–H and O–H groups in total. The van der Waals surface area contributed by atoms with Crippen LogP contribution in [0.5, 0.6) is 0 Å². The summed E-state index contributed by atoms with van der Waals surface area (Å²) in [5.74, 6) is 0.552. The fourth-order valence-electron chi connectivity index (χ4n) is 2.29. The van der Waals surface area contributed by atoms with Crippen LogP contribution in [0.4, 0.5) is 19.1 Å². The fraction of sp³-hybridized carbons (Fsp3) is 0.389. The van der Waals surface area contributed by atoms with E-state index in [2.05, 4.69) is 30.9 Å². The van der Waals surface area contributed by atoms with E-state index in [1.54, 1.807) is 0 Å². The molecule has 1 aromatic carbocycles. The Balaban J connectivity index is 1.90. The van der Waals surface area contributed by atoms with Crippen molar-refractivity contribution in [2.75, 3.05) is 25.0 Å². The van der Waals surface area contributed by atoms with Crippen LogP contribution in [-0.2, 0) is 6.18 Å². The van der Waals surface area contributed by atoms with E-state index in [1.165, 1.54) is 0 Å². The third-order valence-corrected chi connectivity index (χ3v) is 3.61. The van der Waals surface area contributed by atoms with Crippen molar-refractivity contribution in [1.82, 2.24) is 20.6 Å². The number of aromatic nitrogens is 2. The smallest absolute Gasteiger partial charge is 0.357 e. The van der Waals surface area contributed by atoms with Gasteiger partial charge < -0.3 is 16.0 Å². The number of alkyl halides is 3. The average Bonchev–Trinajstić information content (AvgIpc) is 2.65. The highest BCUT2D eigenvalue weighted by Gasteiger charge is 2.32. The lowest BCUT2D eigenvalue weighted by Crippen LogP contribution is -2.39. The van der Waals surface area contributed by atoms with Crippen molar-refractivity contribution in [3.63, 3.8) is 0 Å². The van der Waals surface area contributed by atoms with Gasteiger partial charge >= 0.3 is 6.18 Å². The van der Waals surface area contributed by atoms with Crippen molar-refractivity contribution in [3.8, 4) is 0 Å². The first-order chi connectivity index (χ1) is 12.9. The van der Waals surface area contributed by atoms with Crippen molar-refractivity contribution < 1.29 is 13.2 Å². The molecule has 146 valence electrons. The molecule has 6 nitrogen and oxygen atoms in total. The van der Waals surface area contributed by atoms with E-state index in [1.807, 2.05) is 44.2 Å². The summed E-state index contributed by atoms with van der Waals surface area (Å²) < 4.78 is 38.0. The number of aliphatic imine (C=N–C) groups is 1. The molecule has 0 fully saturated rings. The highest BCUT2D eigenvalue weighted by Crippen LogP contribution is 2.27. The molecule has 2 rings (SSSR count). The second-order valence-electron chi connectivity index (χ2n) is 5.73. The first-order valence-electron chi connectivity index (χ1n) is 8.64. The van der Waals surface area contributed by atoms with Crippen molar-refractivity contribution >= 4 is 11.9 Å². The first-order valence-corrected chi connectivity index (χ1v) is 8.64. The van der Waals surface area contributed by atoms with Crippen molar-refractivity contribution in [3.05, 3.63) is 53.9 Å². The van der Waals surface area contributed by atoms with E-state index < -0.39 is 11.9 Å². The van der Waals surface area contributed by atoms with Gasteiger partial charge in [0.1, 0.15) is 5.69 Å². The summed E-state index contributed by atoms with van der Waals surface area (Å²) in [6, 6.07) is 10.8. The average molecular weight is 380 g/mol. The quantitative estimate of drug-likeness (QED) is 0.391. The van der Waals surface area contributed by atoms with E-state index in [0.29, 0.717) is 25.6 Å². The predicted molar refractivity (Wildman–Crippen MR) is 99.5 cm³/mol. The van der Waals surface area contributed by atoms with Crippen LogP contribution in [0.3, 0.4) is 0 Å². The van der Waals surface area contributed by atoms with Gasteiger partial charge in [-0.2, -0.15) is 13.2 Å². The molecule has 0 aliphatic rings. The summed E-state index contributed by atoms with van der Waals surface area (Å²) in [5, 5.41) is 9.19. The molecule has 1 heterocycles. The Morgan fingerprint density at radius 2 is 1.93 bits per heavy atom. The number of benzene rings is 1. The second kappa shape index (κ2) is 9.75. The number of nitrogens with zero attached hydrogens (tertiary/aromatic N) is 3. The number of guanidine groups is 1. The monoisotopic (exact) mass is 380 g/mol. The molecule has 0 saturated carbocycles. The molecule has 1 aromatic heterocycles. The van der Waals surface area contributed by atoms with Gasteiger partial charge in [-0.25, -0.2) is 9.97 Å². The van der Waals surface area contributed by atoms with Gasteiger partial charge in [0.05, 0.1) is 12.6 Å². The van der Waals surface area contributed by atoms with Gasteiger partial charge in [0.2, 0.25) is 5.95 Å². The van der Waals surface area contributed by atoms with Crippen LogP contribution in [0, 0.1) is 0 Å². The minimum atomic E-state index is -4.49. The van der Waals surface area contributed by atoms with Crippen LogP contribution < -0.4 is 16.0 Å². The molecule has 0 aliphatic carbocycles. The van der Waals surface area contributed by atoms with Gasteiger partial charge in [-0.1, -0.05) is 30.3 Å². The molecule has 0 saturated heterocycles. The van der Waals surface area contributed by atoms with E-state index in [4.69, 9.17) is 0 Å². The summed E-state index contributed by atoms with van der Waals surface area (Å²) in [5.41, 5.74) is 0.147. The Hall–Kier alpha value is -2.84. The van der Waals surface area contributed by atoms with E-state index in [-0.39, 0.29) is 12.0 Å². The maximum Gasteiger partial charge on any atom is 0.433 e. The van der Waals surface area contributed by atoms with Crippen molar-refractivity contribution in [2.24, 2.45) is 4.99 Å². The standard InChI is InChI=1S/C18H23F3N6/c1-3-22-16(26-13(2)14-7-5-4-6-8-14)24-11-12-25-17-23-10-9-15(27-17)18(19,20)21/h4-10,13H,3,11-12H2,1-2H3,(H2,22,24,26)(H,23,25,27). The number of nitrogens with one attached hydrogen (secondary N) is 3. The van der Waals surface area contributed by atoms with E-state index in [0.717, 1.165) is 17.8 Å². The zero-order valence-corrected chi connectivity index (χ0v) is 15.2. The SMILES string of the molecule is CCNC(=NCCNc1nccc(C(F)(F)F)n1)NC(C)c1ccccc1. The van der Waals surface area contributed by atoms with Gasteiger partial charge in [0, 0.05) is 19.3 Å². The molecule has 0 radical (unpaired) electrons. The fourth-order valence-corrected chi connectivity index (χ4v) is 2.29. The van der Waals surface area contributed by atoms with Crippen LogP contribution >= 0.6 is 0 Å². The molecule has 9 heteroatoms. The Bertz CT molecular complexity index is 733. The Kier molecular flexibility index (Phi) is 7.39. The highest BCUT2D eigenvalue weighted by atomic mass is 19.4. The van der Waals surface area contributed by atoms with E-state index >= 15 is 0 Å². The van der Waals surface area contributed by atoms with E-state index in [9.17, 15) is 13.2 Å². The Morgan fingerprint density at radius 3 is 2.59 bits per heavy atom. The number of rotatable bonds is 7. The summed E-state index contributed by atoms with van der Waals surface area (Å²) >= 11 is 0. The summed E-state index contributed by atoms with van der Waals surface area (Å²) in [4.78, 5) is 11.7. The minimum Gasteiger partial charge on any atom is -0.357 e. The van der Waals surface area contributed by atoms with Crippen LogP contribution in [0.25, 0.3) is 0 Å². The van der Waals surface area contributed by atoms with Gasteiger partial charge in [-0.3, -0.25) is 4.99 Å². The number of anilines is 1. The van der Waals surface area contributed by atoms with Crippen molar-refractivity contribution in [2.45, 2.75) is 26.1 Å². The highest BCUT2D eigenvalue weighted by molar-refractivity contribution is 5.80. The number of hydrogen-bond acceptors (Lipinski definition) is 4. The Labute approximate surface area is 156 Å². The van der Waals surface area contributed by atoms with Gasteiger partial charge in [-0.05, 0) is 25.5 Å². The molecular weight excluding hydrogens is 357 g/mol. The lowest BCUT2D eigenvalue weighted by Gasteiger charge is -2.18. The maximum atomic E-state index is 12.7. The number of halogens is 3. The largest absolute Gasteiger partial charge is 0.433 e. The predicted octanol–water partition coefficient (Wildman–Crippen LogP) is 3.22. The topological polar surface area (TPSA) is 74.2 Å². The van der Waals surface area contributed by atoms with Gasteiger partial charge in [0.15, 0.2) is 5.96 Å². The molecule has 0 spiro atoms. The third-order valence-electron chi connectivity index (χ3n) is 3.61. The lowest BCUT2D eigenvalue weighted by molar-refractivity contribution is -0.141. The van der Waals surface area contributed by atoms with Crippen LogP contribution in [0.1, 0.15) is 31.1 Å². The molecule has 0 bridgehead atoms. The summed E-state index contributed by atoms with van der Waals surface area (Å²) in [7, 11) is 0. The molecular formula is C18H23F3N6. The maximum absolute atomic E-state index is 12.7. The molecule has 0 aliphatic heterocycles.